The van der Waals surface area contributed by atoms with E-state index in [4.69, 9.17) is 11.6 Å². The number of hydrogen-bond donors (Lipinski definition) is 3. The lowest BCUT2D eigenvalue weighted by Crippen LogP contribution is -2.59. The maximum Gasteiger partial charge on any atom is 0.324 e. The number of benzene rings is 1. The third-order valence-electron chi connectivity index (χ3n) is 3.85. The van der Waals surface area contributed by atoms with E-state index in [1.165, 1.54) is 6.07 Å². The molecule has 0 aromatic heterocycles. The Hall–Kier alpha value is -1.30. The number of carbonyl (C=O) groups is 1. The van der Waals surface area contributed by atoms with E-state index < -0.39 is 11.5 Å². The molecule has 0 radical (unpaired) electrons. The first-order valence-corrected chi connectivity index (χ1v) is 6.98. The van der Waals surface area contributed by atoms with Crippen LogP contribution in [0.3, 0.4) is 0 Å². The van der Waals surface area contributed by atoms with E-state index in [0.717, 1.165) is 13.1 Å². The zero-order valence-electron chi connectivity index (χ0n) is 11.4. The molecule has 0 spiro atoms. The first-order chi connectivity index (χ1) is 9.43. The van der Waals surface area contributed by atoms with Crippen molar-refractivity contribution >= 4 is 17.6 Å². The van der Waals surface area contributed by atoms with Gasteiger partial charge < -0.3 is 15.5 Å². The minimum Gasteiger partial charge on any atom is -0.508 e. The number of aliphatic carboxylic acids is 1. The number of carboxylic acid groups (broad SMARTS) is 1. The molecule has 1 fully saturated rings. The van der Waals surface area contributed by atoms with Crippen LogP contribution in [0.1, 0.15) is 12.5 Å². The monoisotopic (exact) mass is 298 g/mol. The van der Waals surface area contributed by atoms with Crippen LogP contribution in [-0.4, -0.2) is 52.8 Å². The SMILES string of the molecule is CC(Cc1cc(Cl)ccc1O)(C(=O)O)N1CCNCC1. The highest BCUT2D eigenvalue weighted by atomic mass is 35.5. The molecule has 6 heteroatoms. The summed E-state index contributed by atoms with van der Waals surface area (Å²) in [5, 5.41) is 23.2. The highest BCUT2D eigenvalue weighted by Gasteiger charge is 2.40. The van der Waals surface area contributed by atoms with Gasteiger partial charge in [-0.2, -0.15) is 0 Å². The maximum absolute atomic E-state index is 11.7. The second kappa shape index (κ2) is 5.99. The van der Waals surface area contributed by atoms with Gasteiger partial charge in [0.05, 0.1) is 0 Å². The zero-order valence-corrected chi connectivity index (χ0v) is 12.2. The molecule has 20 heavy (non-hydrogen) atoms. The number of carboxylic acids is 1. The first-order valence-electron chi connectivity index (χ1n) is 6.60. The summed E-state index contributed by atoms with van der Waals surface area (Å²) >= 11 is 5.93. The standard InChI is InChI=1S/C14H19ClN2O3/c1-14(13(19)20,17-6-4-16-5-7-17)9-10-8-11(15)2-3-12(10)18/h2-3,8,16,18H,4-7,9H2,1H3,(H,19,20). The van der Waals surface area contributed by atoms with Gasteiger partial charge in [-0.05, 0) is 30.7 Å². The number of nitrogens with zero attached hydrogens (tertiary/aromatic N) is 1. The predicted octanol–water partition coefficient (Wildman–Crippen LogP) is 1.34. The fourth-order valence-electron chi connectivity index (χ4n) is 2.55. The van der Waals surface area contributed by atoms with Gasteiger partial charge in [-0.15, -0.1) is 0 Å². The van der Waals surface area contributed by atoms with Gasteiger partial charge in [0, 0.05) is 37.6 Å². The molecule has 1 atom stereocenters. The Morgan fingerprint density at radius 2 is 2.10 bits per heavy atom. The lowest BCUT2D eigenvalue weighted by molar-refractivity contribution is -0.151. The number of nitrogens with one attached hydrogen (secondary N) is 1. The van der Waals surface area contributed by atoms with Crippen LogP contribution in [0.5, 0.6) is 5.75 Å². The van der Waals surface area contributed by atoms with Crippen molar-refractivity contribution < 1.29 is 15.0 Å². The minimum absolute atomic E-state index is 0.0806. The van der Waals surface area contributed by atoms with Crippen molar-refractivity contribution in [1.82, 2.24) is 10.2 Å². The van der Waals surface area contributed by atoms with E-state index in [9.17, 15) is 15.0 Å². The molecule has 110 valence electrons. The summed E-state index contributed by atoms with van der Waals surface area (Å²) < 4.78 is 0. The molecule has 1 unspecified atom stereocenters. The first kappa shape index (κ1) is 15.1. The molecule has 3 N–H and O–H groups in total. The Bertz CT molecular complexity index is 503. The Labute approximate surface area is 123 Å². The van der Waals surface area contributed by atoms with Gasteiger partial charge in [0.1, 0.15) is 11.3 Å². The van der Waals surface area contributed by atoms with E-state index >= 15 is 0 Å². The summed E-state index contributed by atoms with van der Waals surface area (Å²) in [6.07, 6.45) is 0.217. The van der Waals surface area contributed by atoms with E-state index in [1.807, 2.05) is 4.90 Å². The van der Waals surface area contributed by atoms with Crippen LogP contribution < -0.4 is 5.32 Å². The quantitative estimate of drug-likeness (QED) is 0.782. The molecule has 0 aliphatic carbocycles. The third kappa shape index (κ3) is 3.06. The van der Waals surface area contributed by atoms with Crippen molar-refractivity contribution in [2.45, 2.75) is 18.9 Å². The van der Waals surface area contributed by atoms with E-state index in [0.29, 0.717) is 23.7 Å². The summed E-state index contributed by atoms with van der Waals surface area (Å²) in [5.41, 5.74) is -0.495. The maximum atomic E-state index is 11.7. The number of rotatable bonds is 4. The van der Waals surface area contributed by atoms with Crippen molar-refractivity contribution in [2.75, 3.05) is 26.2 Å². The number of hydrogen-bond acceptors (Lipinski definition) is 4. The van der Waals surface area contributed by atoms with Gasteiger partial charge in [0.25, 0.3) is 0 Å². The van der Waals surface area contributed by atoms with Crippen LogP contribution >= 0.6 is 11.6 Å². The molecule has 1 saturated heterocycles. The average Bonchev–Trinajstić information content (AvgIpc) is 2.43. The fraction of sp³-hybridized carbons (Fsp3) is 0.500. The predicted molar refractivity (Wildman–Crippen MR) is 77.3 cm³/mol. The molecule has 1 aromatic rings. The van der Waals surface area contributed by atoms with Gasteiger partial charge >= 0.3 is 5.97 Å². The number of halogens is 1. The van der Waals surface area contributed by atoms with Crippen LogP contribution in [0.25, 0.3) is 0 Å². The molecular weight excluding hydrogens is 280 g/mol. The Morgan fingerprint density at radius 1 is 1.45 bits per heavy atom. The Morgan fingerprint density at radius 3 is 2.70 bits per heavy atom. The minimum atomic E-state index is -1.05. The largest absolute Gasteiger partial charge is 0.508 e. The van der Waals surface area contributed by atoms with Gasteiger partial charge in [0.2, 0.25) is 0 Å². The lowest BCUT2D eigenvalue weighted by atomic mass is 9.90. The van der Waals surface area contributed by atoms with Crippen LogP contribution in [0, 0.1) is 0 Å². The molecule has 1 aromatic carbocycles. The van der Waals surface area contributed by atoms with Gasteiger partial charge in [0.15, 0.2) is 0 Å². The van der Waals surface area contributed by atoms with Crippen LogP contribution in [0.15, 0.2) is 18.2 Å². The second-order valence-electron chi connectivity index (χ2n) is 5.27. The third-order valence-corrected chi connectivity index (χ3v) is 4.09. The van der Waals surface area contributed by atoms with E-state index in [-0.39, 0.29) is 12.2 Å². The molecule has 0 amide bonds. The molecule has 1 aliphatic heterocycles. The second-order valence-corrected chi connectivity index (χ2v) is 5.70. The highest BCUT2D eigenvalue weighted by Crippen LogP contribution is 2.29. The van der Waals surface area contributed by atoms with Crippen LogP contribution in [0.4, 0.5) is 0 Å². The number of aromatic hydroxyl groups is 1. The Balaban J connectivity index is 2.28. The van der Waals surface area contributed by atoms with E-state index in [2.05, 4.69) is 5.32 Å². The van der Waals surface area contributed by atoms with Crippen molar-refractivity contribution in [3.63, 3.8) is 0 Å². The molecule has 0 saturated carbocycles. The molecule has 1 heterocycles. The Kier molecular flexibility index (Phi) is 4.52. The summed E-state index contributed by atoms with van der Waals surface area (Å²) in [5.74, 6) is -0.809. The van der Waals surface area contributed by atoms with Crippen molar-refractivity contribution in [3.8, 4) is 5.75 Å². The summed E-state index contributed by atoms with van der Waals surface area (Å²) in [6.45, 7) is 4.57. The summed E-state index contributed by atoms with van der Waals surface area (Å²) in [6, 6.07) is 4.71. The topological polar surface area (TPSA) is 72.8 Å². The number of phenols is 1. The smallest absolute Gasteiger partial charge is 0.324 e. The molecular formula is C14H19ClN2O3. The highest BCUT2D eigenvalue weighted by molar-refractivity contribution is 6.30. The fourth-order valence-corrected chi connectivity index (χ4v) is 2.74. The number of phenolic OH excluding ortho intramolecular Hbond substituents is 1. The van der Waals surface area contributed by atoms with Gasteiger partial charge in [-0.25, -0.2) is 0 Å². The van der Waals surface area contributed by atoms with Crippen molar-refractivity contribution in [1.29, 1.82) is 0 Å². The molecule has 0 bridgehead atoms. The zero-order chi connectivity index (χ0) is 14.8. The normalized spacial score (nSPS) is 19.5. The lowest BCUT2D eigenvalue weighted by Gasteiger charge is -2.40. The van der Waals surface area contributed by atoms with Crippen LogP contribution in [-0.2, 0) is 11.2 Å². The summed E-state index contributed by atoms with van der Waals surface area (Å²) in [4.78, 5) is 13.7. The van der Waals surface area contributed by atoms with Crippen molar-refractivity contribution in [2.24, 2.45) is 0 Å². The van der Waals surface area contributed by atoms with Crippen molar-refractivity contribution in [3.05, 3.63) is 28.8 Å². The average molecular weight is 299 g/mol. The molecule has 1 aliphatic rings. The molecule has 2 rings (SSSR count). The van der Waals surface area contributed by atoms with E-state index in [1.54, 1.807) is 19.1 Å². The number of piperazine rings is 1. The van der Waals surface area contributed by atoms with Gasteiger partial charge in [-0.3, -0.25) is 9.69 Å². The van der Waals surface area contributed by atoms with Gasteiger partial charge in [-0.1, -0.05) is 11.6 Å². The van der Waals surface area contributed by atoms with Crippen LogP contribution in [0.2, 0.25) is 5.02 Å². The molecule has 5 nitrogen and oxygen atoms in total. The summed E-state index contributed by atoms with van der Waals surface area (Å²) in [7, 11) is 0.